The molecule has 1 aliphatic rings. The van der Waals surface area contributed by atoms with Gasteiger partial charge < -0.3 is 0 Å². The minimum atomic E-state index is -0.241. The second kappa shape index (κ2) is 8.33. The Bertz CT molecular complexity index is 1270. The van der Waals surface area contributed by atoms with Crippen molar-refractivity contribution >= 4 is 22.4 Å². The van der Waals surface area contributed by atoms with Gasteiger partial charge in [0.15, 0.2) is 5.13 Å². The first kappa shape index (κ1) is 20.6. The van der Waals surface area contributed by atoms with Crippen LogP contribution < -0.4 is 5.32 Å². The first-order chi connectivity index (χ1) is 15.5. The lowest BCUT2D eigenvalue weighted by atomic mass is 10.1. The number of rotatable bonds is 5. The summed E-state index contributed by atoms with van der Waals surface area (Å²) in [6.07, 6.45) is 0.891. The van der Waals surface area contributed by atoms with Gasteiger partial charge in [-0.25, -0.2) is 4.98 Å². The minimum absolute atomic E-state index is 0.241. The number of nitrogens with zero attached hydrogens (tertiary/aromatic N) is 5. The number of carbonyl (C=O) groups excluding carboxylic acids is 1. The molecule has 0 spiro atoms. The number of amides is 1. The summed E-state index contributed by atoms with van der Waals surface area (Å²) in [5, 5.41) is 15.2. The lowest BCUT2D eigenvalue weighted by molar-refractivity contribution is 0.102. The van der Waals surface area contributed by atoms with Crippen molar-refractivity contribution in [1.82, 2.24) is 29.9 Å². The highest BCUT2D eigenvalue weighted by Gasteiger charge is 2.23. The van der Waals surface area contributed by atoms with Gasteiger partial charge in [0.1, 0.15) is 5.69 Å². The highest BCUT2D eigenvalue weighted by molar-refractivity contribution is 7.15. The van der Waals surface area contributed by atoms with E-state index in [0.29, 0.717) is 16.5 Å². The van der Waals surface area contributed by atoms with E-state index in [9.17, 15) is 4.79 Å². The highest BCUT2D eigenvalue weighted by atomic mass is 32.1. The van der Waals surface area contributed by atoms with E-state index in [4.69, 9.17) is 0 Å². The predicted octanol–water partition coefficient (Wildman–Crippen LogP) is 3.69. The second-order valence-electron chi connectivity index (χ2n) is 8.13. The van der Waals surface area contributed by atoms with Crippen LogP contribution in [-0.2, 0) is 26.6 Å². The summed E-state index contributed by atoms with van der Waals surface area (Å²) < 4.78 is 1.82. The summed E-state index contributed by atoms with van der Waals surface area (Å²) in [5.74, 6) is -0.241. The fraction of sp³-hybridized carbons (Fsp3) is 0.304. The van der Waals surface area contributed by atoms with Crippen LogP contribution in [0.25, 0.3) is 11.3 Å². The van der Waals surface area contributed by atoms with Crippen molar-refractivity contribution in [3.63, 3.8) is 0 Å². The van der Waals surface area contributed by atoms with E-state index in [1.807, 2.05) is 31.6 Å². The van der Waals surface area contributed by atoms with E-state index in [1.165, 1.54) is 10.4 Å². The number of thiazole rings is 1. The number of hydrogen-bond acceptors (Lipinski definition) is 6. The molecule has 5 rings (SSSR count). The van der Waals surface area contributed by atoms with Gasteiger partial charge in [0, 0.05) is 49.2 Å². The average molecular weight is 448 g/mol. The van der Waals surface area contributed by atoms with Crippen LogP contribution in [0.1, 0.15) is 38.0 Å². The molecule has 0 fully saturated rings. The molecule has 4 heterocycles. The molecule has 8 nitrogen and oxygen atoms in total. The Morgan fingerprint density at radius 1 is 1.25 bits per heavy atom. The molecule has 0 saturated heterocycles. The molecule has 0 aliphatic carbocycles. The quantitative estimate of drug-likeness (QED) is 0.487. The van der Waals surface area contributed by atoms with E-state index in [2.05, 4.69) is 54.8 Å². The largest absolute Gasteiger partial charge is 0.296 e. The molecule has 0 atom stereocenters. The summed E-state index contributed by atoms with van der Waals surface area (Å²) >= 11 is 1.55. The fourth-order valence-corrected chi connectivity index (χ4v) is 5.20. The number of aromatic amines is 1. The van der Waals surface area contributed by atoms with Gasteiger partial charge in [0.2, 0.25) is 0 Å². The Balaban J connectivity index is 1.27. The standard InChI is InChI=1S/C23H25N7OS/c1-14-21(15(2)29(3)28-14)18-11-19(27-26-18)22(31)25-23-24-17-9-10-30(13-20(17)32-23)12-16-7-5-4-6-8-16/h4-8,11H,9-10,12-13H2,1-3H3,(H,26,27)(H,24,25,31). The number of H-pyrrole nitrogens is 1. The summed E-state index contributed by atoms with van der Waals surface area (Å²) in [6.45, 7) is 6.67. The van der Waals surface area contributed by atoms with Crippen molar-refractivity contribution in [2.24, 2.45) is 7.05 Å². The monoisotopic (exact) mass is 447 g/mol. The van der Waals surface area contributed by atoms with Gasteiger partial charge in [-0.2, -0.15) is 10.2 Å². The molecule has 32 heavy (non-hydrogen) atoms. The van der Waals surface area contributed by atoms with Crippen molar-refractivity contribution in [1.29, 1.82) is 0 Å². The summed E-state index contributed by atoms with van der Waals surface area (Å²) in [6, 6.07) is 12.3. The SMILES string of the molecule is Cc1nn(C)c(C)c1-c1cc(C(=O)Nc2nc3c(s2)CN(Cc2ccccc2)CC3)[nH]n1. The maximum Gasteiger partial charge on any atom is 0.275 e. The zero-order valence-electron chi connectivity index (χ0n) is 18.3. The predicted molar refractivity (Wildman–Crippen MR) is 125 cm³/mol. The summed E-state index contributed by atoms with van der Waals surface area (Å²) in [5.41, 5.74) is 6.36. The molecule has 0 unspecified atom stereocenters. The molecule has 9 heteroatoms. The van der Waals surface area contributed by atoms with E-state index in [0.717, 1.165) is 48.7 Å². The van der Waals surface area contributed by atoms with Crippen LogP contribution in [0.2, 0.25) is 0 Å². The Hall–Kier alpha value is -3.30. The van der Waals surface area contributed by atoms with Gasteiger partial charge in [-0.3, -0.25) is 24.8 Å². The molecule has 0 radical (unpaired) electrons. The number of hydrogen-bond donors (Lipinski definition) is 2. The van der Waals surface area contributed by atoms with Crippen molar-refractivity contribution in [3.05, 3.63) is 69.6 Å². The summed E-state index contributed by atoms with van der Waals surface area (Å²) in [4.78, 5) is 21.1. The molecule has 1 aliphatic heterocycles. The van der Waals surface area contributed by atoms with Gasteiger partial charge in [-0.05, 0) is 25.5 Å². The molecular weight excluding hydrogens is 422 g/mol. The van der Waals surface area contributed by atoms with Crippen LogP contribution >= 0.6 is 11.3 Å². The van der Waals surface area contributed by atoms with Gasteiger partial charge >= 0.3 is 0 Å². The highest BCUT2D eigenvalue weighted by Crippen LogP contribution is 2.30. The number of carbonyl (C=O) groups is 1. The Morgan fingerprint density at radius 3 is 2.81 bits per heavy atom. The molecule has 4 aromatic rings. The third-order valence-electron chi connectivity index (χ3n) is 5.87. The molecule has 164 valence electrons. The molecule has 0 bridgehead atoms. The summed E-state index contributed by atoms with van der Waals surface area (Å²) in [7, 11) is 1.90. The molecule has 1 aromatic carbocycles. The molecular formula is C23H25N7OS. The van der Waals surface area contributed by atoms with Crippen LogP contribution in [0.5, 0.6) is 0 Å². The zero-order valence-corrected chi connectivity index (χ0v) is 19.2. The minimum Gasteiger partial charge on any atom is -0.296 e. The van der Waals surface area contributed by atoms with Crippen LogP contribution in [-0.4, -0.2) is 42.3 Å². The normalized spacial score (nSPS) is 13.8. The molecule has 1 amide bonds. The van der Waals surface area contributed by atoms with Crippen LogP contribution in [0, 0.1) is 13.8 Å². The molecule has 0 saturated carbocycles. The second-order valence-corrected chi connectivity index (χ2v) is 9.21. The third kappa shape index (κ3) is 3.96. The van der Waals surface area contributed by atoms with E-state index in [1.54, 1.807) is 17.4 Å². The number of nitrogens with one attached hydrogen (secondary N) is 2. The van der Waals surface area contributed by atoms with E-state index >= 15 is 0 Å². The zero-order chi connectivity index (χ0) is 22.2. The number of aromatic nitrogens is 5. The van der Waals surface area contributed by atoms with Crippen molar-refractivity contribution in [2.75, 3.05) is 11.9 Å². The lowest BCUT2D eigenvalue weighted by Crippen LogP contribution is -2.29. The van der Waals surface area contributed by atoms with Crippen molar-refractivity contribution in [2.45, 2.75) is 33.4 Å². The first-order valence-electron chi connectivity index (χ1n) is 10.6. The van der Waals surface area contributed by atoms with Crippen LogP contribution in [0.4, 0.5) is 5.13 Å². The first-order valence-corrected chi connectivity index (χ1v) is 11.4. The van der Waals surface area contributed by atoms with Gasteiger partial charge in [0.25, 0.3) is 5.91 Å². The molecule has 3 aromatic heterocycles. The Labute approximate surface area is 190 Å². The Morgan fingerprint density at radius 2 is 2.06 bits per heavy atom. The lowest BCUT2D eigenvalue weighted by Gasteiger charge is -2.25. The number of anilines is 1. The number of fused-ring (bicyclic) bond motifs is 1. The maximum atomic E-state index is 12.8. The average Bonchev–Trinajstić information content (AvgIpc) is 3.46. The smallest absolute Gasteiger partial charge is 0.275 e. The van der Waals surface area contributed by atoms with Crippen molar-refractivity contribution < 1.29 is 4.79 Å². The van der Waals surface area contributed by atoms with Gasteiger partial charge in [-0.15, -0.1) is 11.3 Å². The fourth-order valence-electron chi connectivity index (χ4n) is 4.15. The van der Waals surface area contributed by atoms with Crippen LogP contribution in [0.3, 0.4) is 0 Å². The number of benzene rings is 1. The van der Waals surface area contributed by atoms with Crippen molar-refractivity contribution in [3.8, 4) is 11.3 Å². The van der Waals surface area contributed by atoms with Gasteiger partial charge in [0.05, 0.1) is 17.1 Å². The third-order valence-corrected chi connectivity index (χ3v) is 6.87. The topological polar surface area (TPSA) is 91.7 Å². The maximum absolute atomic E-state index is 12.8. The van der Waals surface area contributed by atoms with E-state index in [-0.39, 0.29) is 5.91 Å². The van der Waals surface area contributed by atoms with Gasteiger partial charge in [-0.1, -0.05) is 30.3 Å². The molecule has 2 N–H and O–H groups in total. The van der Waals surface area contributed by atoms with Crippen LogP contribution in [0.15, 0.2) is 36.4 Å². The number of aryl methyl sites for hydroxylation is 2. The Kier molecular flexibility index (Phi) is 5.36. The van der Waals surface area contributed by atoms with E-state index < -0.39 is 0 Å².